The van der Waals surface area contributed by atoms with E-state index in [2.05, 4.69) is 30.8 Å². The fraction of sp³-hybridized carbons (Fsp3) is 0.714. The van der Waals surface area contributed by atoms with Crippen LogP contribution in [-0.2, 0) is 7.05 Å². The Morgan fingerprint density at radius 3 is 2.53 bits per heavy atom. The molecule has 1 saturated heterocycles. The molecule has 5 heteroatoms. The summed E-state index contributed by atoms with van der Waals surface area (Å²) >= 11 is 0. The summed E-state index contributed by atoms with van der Waals surface area (Å²) < 4.78 is 1.70. The maximum Gasteiger partial charge on any atom is 0.341 e. The van der Waals surface area contributed by atoms with Gasteiger partial charge in [0.2, 0.25) is 0 Å². The molecule has 106 valence electrons. The number of hydrogen-bond acceptors (Lipinski definition) is 3. The summed E-state index contributed by atoms with van der Waals surface area (Å²) in [7, 11) is 1.82. The Bertz CT molecular complexity index is 500. The van der Waals surface area contributed by atoms with E-state index in [0.29, 0.717) is 17.2 Å². The van der Waals surface area contributed by atoms with Crippen molar-refractivity contribution in [2.45, 2.75) is 34.1 Å². The molecular formula is C14H23N3O2. The minimum absolute atomic E-state index is 0.256. The molecule has 1 aliphatic heterocycles. The first-order chi connectivity index (χ1) is 8.71. The van der Waals surface area contributed by atoms with Gasteiger partial charge in [-0.3, -0.25) is 4.68 Å². The molecule has 1 aliphatic rings. The number of hydrogen-bond donors (Lipinski definition) is 1. The molecule has 19 heavy (non-hydrogen) atoms. The van der Waals surface area contributed by atoms with E-state index in [1.807, 2.05) is 7.05 Å². The lowest BCUT2D eigenvalue weighted by molar-refractivity contribution is 0.0696. The predicted octanol–water partition coefficient (Wildman–Crippen LogP) is 2.30. The van der Waals surface area contributed by atoms with Gasteiger partial charge in [-0.1, -0.05) is 20.8 Å². The van der Waals surface area contributed by atoms with E-state index in [-0.39, 0.29) is 5.41 Å². The number of nitrogens with zero attached hydrogens (tertiary/aromatic N) is 3. The van der Waals surface area contributed by atoms with Crippen molar-refractivity contribution in [3.05, 3.63) is 11.3 Å². The first-order valence-corrected chi connectivity index (χ1v) is 6.73. The summed E-state index contributed by atoms with van der Waals surface area (Å²) in [5.41, 5.74) is 1.19. The Morgan fingerprint density at radius 1 is 1.42 bits per heavy atom. The number of anilines is 1. The smallest absolute Gasteiger partial charge is 0.341 e. The van der Waals surface area contributed by atoms with E-state index in [1.165, 1.54) is 0 Å². The van der Waals surface area contributed by atoms with Crippen molar-refractivity contribution >= 4 is 11.8 Å². The second kappa shape index (κ2) is 4.54. The molecule has 1 fully saturated rings. The Hall–Kier alpha value is -1.52. The first-order valence-electron chi connectivity index (χ1n) is 6.73. The third-order valence-corrected chi connectivity index (χ3v) is 4.12. The van der Waals surface area contributed by atoms with Crippen molar-refractivity contribution in [2.24, 2.45) is 18.4 Å². The number of carboxylic acids is 1. The fourth-order valence-electron chi connectivity index (χ4n) is 2.92. The van der Waals surface area contributed by atoms with Crippen molar-refractivity contribution in [1.82, 2.24) is 9.78 Å². The maximum absolute atomic E-state index is 11.4. The van der Waals surface area contributed by atoms with Gasteiger partial charge in [-0.25, -0.2) is 4.79 Å². The van der Waals surface area contributed by atoms with Gasteiger partial charge < -0.3 is 10.0 Å². The van der Waals surface area contributed by atoms with Crippen molar-refractivity contribution < 1.29 is 9.90 Å². The van der Waals surface area contributed by atoms with Crippen molar-refractivity contribution in [3.63, 3.8) is 0 Å². The zero-order valence-electron chi connectivity index (χ0n) is 12.4. The van der Waals surface area contributed by atoms with Crippen molar-refractivity contribution in [2.75, 3.05) is 18.0 Å². The molecule has 1 aromatic rings. The van der Waals surface area contributed by atoms with Gasteiger partial charge in [0.05, 0.1) is 5.69 Å². The quantitative estimate of drug-likeness (QED) is 0.891. The summed E-state index contributed by atoms with van der Waals surface area (Å²) in [6, 6.07) is 0. The van der Waals surface area contributed by atoms with Crippen LogP contribution in [0.2, 0.25) is 0 Å². The lowest BCUT2D eigenvalue weighted by atomic mass is 9.80. The van der Waals surface area contributed by atoms with Crippen LogP contribution in [0.1, 0.15) is 43.2 Å². The number of aromatic carboxylic acids is 1. The molecule has 0 aromatic carbocycles. The highest BCUT2D eigenvalue weighted by molar-refractivity contribution is 5.94. The Labute approximate surface area is 114 Å². The Balaban J connectivity index is 2.32. The van der Waals surface area contributed by atoms with Gasteiger partial charge in [0.1, 0.15) is 11.4 Å². The molecule has 2 rings (SSSR count). The van der Waals surface area contributed by atoms with Crippen LogP contribution in [0, 0.1) is 18.3 Å². The average Bonchev–Trinajstić information content (AvgIpc) is 2.81. The zero-order valence-corrected chi connectivity index (χ0v) is 12.4. The second-order valence-electron chi connectivity index (χ2n) is 6.51. The van der Waals surface area contributed by atoms with Crippen LogP contribution in [0.4, 0.5) is 5.82 Å². The highest BCUT2D eigenvalue weighted by Gasteiger charge is 2.35. The van der Waals surface area contributed by atoms with Gasteiger partial charge >= 0.3 is 5.97 Å². The van der Waals surface area contributed by atoms with Crippen LogP contribution in [0.15, 0.2) is 0 Å². The zero-order chi connectivity index (χ0) is 14.4. The molecular weight excluding hydrogens is 242 g/mol. The van der Waals surface area contributed by atoms with E-state index in [4.69, 9.17) is 0 Å². The van der Waals surface area contributed by atoms with Crippen LogP contribution >= 0.6 is 0 Å². The lowest BCUT2D eigenvalue weighted by Crippen LogP contribution is -2.28. The Morgan fingerprint density at radius 2 is 2.05 bits per heavy atom. The lowest BCUT2D eigenvalue weighted by Gasteiger charge is -2.27. The van der Waals surface area contributed by atoms with Crippen LogP contribution in [0.25, 0.3) is 0 Å². The summed E-state index contributed by atoms with van der Waals surface area (Å²) in [5, 5.41) is 13.6. The summed E-state index contributed by atoms with van der Waals surface area (Å²) in [4.78, 5) is 13.6. The molecule has 0 bridgehead atoms. The summed E-state index contributed by atoms with van der Waals surface area (Å²) in [6.45, 7) is 10.3. The molecule has 0 amide bonds. The van der Waals surface area contributed by atoms with Gasteiger partial charge in [0.25, 0.3) is 0 Å². The van der Waals surface area contributed by atoms with E-state index >= 15 is 0 Å². The molecule has 1 unspecified atom stereocenters. The van der Waals surface area contributed by atoms with E-state index in [0.717, 1.165) is 25.3 Å². The number of carboxylic acid groups (broad SMARTS) is 1. The first kappa shape index (κ1) is 13.9. The SMILES string of the molecule is Cc1nn(C)c(N2CCC(C(C)(C)C)C2)c1C(=O)O. The normalized spacial score (nSPS) is 20.1. The maximum atomic E-state index is 11.4. The highest BCUT2D eigenvalue weighted by atomic mass is 16.4. The minimum atomic E-state index is -0.889. The van der Waals surface area contributed by atoms with Gasteiger partial charge in [-0.05, 0) is 24.7 Å². The molecule has 2 heterocycles. The van der Waals surface area contributed by atoms with Crippen molar-refractivity contribution in [3.8, 4) is 0 Å². The van der Waals surface area contributed by atoms with Crippen LogP contribution in [0.3, 0.4) is 0 Å². The largest absolute Gasteiger partial charge is 0.477 e. The van der Waals surface area contributed by atoms with E-state index < -0.39 is 5.97 Å². The van der Waals surface area contributed by atoms with E-state index in [9.17, 15) is 9.90 Å². The van der Waals surface area contributed by atoms with Crippen molar-refractivity contribution in [1.29, 1.82) is 0 Å². The molecule has 1 atom stereocenters. The average molecular weight is 265 g/mol. The molecule has 0 aliphatic carbocycles. The van der Waals surface area contributed by atoms with Crippen LogP contribution < -0.4 is 4.90 Å². The minimum Gasteiger partial charge on any atom is -0.477 e. The van der Waals surface area contributed by atoms with Gasteiger partial charge in [0, 0.05) is 20.1 Å². The Kier molecular flexibility index (Phi) is 3.32. The second-order valence-corrected chi connectivity index (χ2v) is 6.51. The molecule has 0 saturated carbocycles. The predicted molar refractivity (Wildman–Crippen MR) is 74.7 cm³/mol. The summed E-state index contributed by atoms with van der Waals surface area (Å²) in [6.07, 6.45) is 1.10. The topological polar surface area (TPSA) is 58.4 Å². The van der Waals surface area contributed by atoms with E-state index in [1.54, 1.807) is 11.6 Å². The van der Waals surface area contributed by atoms with Gasteiger partial charge in [-0.2, -0.15) is 5.10 Å². The molecule has 1 aromatic heterocycles. The third-order valence-electron chi connectivity index (χ3n) is 4.12. The fourth-order valence-corrected chi connectivity index (χ4v) is 2.92. The number of rotatable bonds is 2. The highest BCUT2D eigenvalue weighted by Crippen LogP contribution is 2.36. The van der Waals surface area contributed by atoms with Gasteiger partial charge in [0.15, 0.2) is 0 Å². The monoisotopic (exact) mass is 265 g/mol. The van der Waals surface area contributed by atoms with Crippen LogP contribution in [0.5, 0.6) is 0 Å². The van der Waals surface area contributed by atoms with Crippen LogP contribution in [-0.4, -0.2) is 33.9 Å². The number of aryl methyl sites for hydroxylation is 2. The number of aromatic nitrogens is 2. The number of carbonyl (C=O) groups is 1. The molecule has 0 radical (unpaired) electrons. The molecule has 0 spiro atoms. The van der Waals surface area contributed by atoms with Gasteiger partial charge in [-0.15, -0.1) is 0 Å². The standard InChI is InChI=1S/C14H23N3O2/c1-9-11(13(18)19)12(16(5)15-9)17-7-6-10(8-17)14(2,3)4/h10H,6-8H2,1-5H3,(H,18,19). The molecule has 5 nitrogen and oxygen atoms in total. The third kappa shape index (κ3) is 2.46. The molecule has 1 N–H and O–H groups in total. The summed E-state index contributed by atoms with van der Waals surface area (Å²) in [5.74, 6) is 0.445.